The zero-order valence-electron chi connectivity index (χ0n) is 14.2. The molecule has 0 bridgehead atoms. The molecule has 0 heterocycles. The molecule has 6 heteroatoms. The van der Waals surface area contributed by atoms with E-state index in [1.165, 1.54) is 0 Å². The van der Waals surface area contributed by atoms with Crippen molar-refractivity contribution in [3.05, 3.63) is 70.8 Å². The quantitative estimate of drug-likeness (QED) is 0.637. The third-order valence-electron chi connectivity index (χ3n) is 3.28. The van der Waals surface area contributed by atoms with Crippen molar-refractivity contribution < 1.29 is 19.8 Å². The zero-order chi connectivity index (χ0) is 18.7. The van der Waals surface area contributed by atoms with Crippen LogP contribution in [0.25, 0.3) is 0 Å². The van der Waals surface area contributed by atoms with E-state index < -0.39 is 5.97 Å². The molecule has 0 aliphatic heterocycles. The van der Waals surface area contributed by atoms with Crippen LogP contribution in [-0.4, -0.2) is 28.6 Å². The van der Waals surface area contributed by atoms with Gasteiger partial charge < -0.3 is 21.3 Å². The van der Waals surface area contributed by atoms with Gasteiger partial charge in [-0.15, -0.1) is 0 Å². The van der Waals surface area contributed by atoms with Gasteiger partial charge in [-0.1, -0.05) is 36.4 Å². The first-order chi connectivity index (χ1) is 12.0. The third kappa shape index (κ3) is 8.10. The summed E-state index contributed by atoms with van der Waals surface area (Å²) < 4.78 is 0. The van der Waals surface area contributed by atoms with Gasteiger partial charge in [-0.25, -0.2) is 0 Å². The van der Waals surface area contributed by atoms with Crippen LogP contribution in [0.15, 0.2) is 48.5 Å². The summed E-state index contributed by atoms with van der Waals surface area (Å²) in [5.74, 6) is -0.941. The molecule has 2 aromatic carbocycles. The highest BCUT2D eigenvalue weighted by Crippen LogP contribution is 2.07. The second kappa shape index (κ2) is 11.0. The number of aliphatic carboxylic acids is 1. The summed E-state index contributed by atoms with van der Waals surface area (Å²) in [5.41, 5.74) is 9.07. The molecule has 1 amide bonds. The number of benzene rings is 2. The Hall–Kier alpha value is -2.70. The molecule has 2 rings (SSSR count). The van der Waals surface area contributed by atoms with Gasteiger partial charge in [0.05, 0.1) is 6.61 Å². The molecule has 0 fully saturated rings. The van der Waals surface area contributed by atoms with Gasteiger partial charge in [-0.2, -0.15) is 0 Å². The van der Waals surface area contributed by atoms with Gasteiger partial charge in [0.2, 0.25) is 0 Å². The van der Waals surface area contributed by atoms with Crippen LogP contribution >= 0.6 is 0 Å². The lowest BCUT2D eigenvalue weighted by atomic mass is 10.1. The minimum absolute atomic E-state index is 0.00436. The van der Waals surface area contributed by atoms with Gasteiger partial charge in [0.1, 0.15) is 0 Å². The highest BCUT2D eigenvalue weighted by Gasteiger charge is 2.05. The Morgan fingerprint density at radius 1 is 1.04 bits per heavy atom. The molecule has 0 aliphatic rings. The number of carboxylic acids is 1. The van der Waals surface area contributed by atoms with Crippen molar-refractivity contribution >= 4 is 11.9 Å². The fourth-order valence-electron chi connectivity index (χ4n) is 2.11. The SMILES string of the molecule is CC(=O)O.NCCc1ccc(C(=O)NCc2cccc(CO)c2)cc1. The Balaban J connectivity index is 0.000000705. The second-order valence-corrected chi connectivity index (χ2v) is 5.42. The van der Waals surface area contributed by atoms with Gasteiger partial charge in [0.25, 0.3) is 11.9 Å². The molecule has 0 spiro atoms. The van der Waals surface area contributed by atoms with Crippen molar-refractivity contribution in [2.24, 2.45) is 5.73 Å². The zero-order valence-corrected chi connectivity index (χ0v) is 14.2. The largest absolute Gasteiger partial charge is 0.481 e. The summed E-state index contributed by atoms with van der Waals surface area (Å²) in [7, 11) is 0. The van der Waals surface area contributed by atoms with Crippen molar-refractivity contribution in [3.8, 4) is 0 Å². The normalized spacial score (nSPS) is 9.72. The van der Waals surface area contributed by atoms with Crippen LogP contribution in [0, 0.1) is 0 Å². The molecule has 25 heavy (non-hydrogen) atoms. The highest BCUT2D eigenvalue weighted by molar-refractivity contribution is 5.94. The molecule has 0 aliphatic carbocycles. The van der Waals surface area contributed by atoms with Crippen molar-refractivity contribution in [2.45, 2.75) is 26.5 Å². The Labute approximate surface area is 147 Å². The second-order valence-electron chi connectivity index (χ2n) is 5.42. The first-order valence-electron chi connectivity index (χ1n) is 7.91. The Kier molecular flexibility index (Phi) is 8.92. The predicted molar refractivity (Wildman–Crippen MR) is 96.0 cm³/mol. The smallest absolute Gasteiger partial charge is 0.300 e. The first kappa shape index (κ1) is 20.3. The standard InChI is InChI=1S/C17H20N2O2.C2H4O2/c18-9-8-13-4-6-16(7-5-13)17(21)19-11-14-2-1-3-15(10-14)12-20;1-2(3)4/h1-7,10,20H,8-9,11-12,18H2,(H,19,21);1H3,(H,3,4). The van der Waals surface area contributed by atoms with Crippen molar-refractivity contribution in [1.29, 1.82) is 0 Å². The first-order valence-corrected chi connectivity index (χ1v) is 7.91. The fraction of sp³-hybridized carbons (Fsp3) is 0.263. The van der Waals surface area contributed by atoms with Gasteiger partial charge >= 0.3 is 0 Å². The molecular weight excluding hydrogens is 320 g/mol. The molecule has 2 aromatic rings. The molecular formula is C19H24N2O4. The number of aliphatic hydroxyl groups excluding tert-OH is 1. The molecule has 134 valence electrons. The summed E-state index contributed by atoms with van der Waals surface area (Å²) in [6.07, 6.45) is 0.815. The minimum Gasteiger partial charge on any atom is -0.481 e. The van der Waals surface area contributed by atoms with E-state index in [1.54, 1.807) is 0 Å². The third-order valence-corrected chi connectivity index (χ3v) is 3.28. The number of carbonyl (C=O) groups is 2. The van der Waals surface area contributed by atoms with E-state index in [0.717, 1.165) is 30.0 Å². The maximum atomic E-state index is 12.1. The maximum Gasteiger partial charge on any atom is 0.300 e. The van der Waals surface area contributed by atoms with Crippen LogP contribution in [0.4, 0.5) is 0 Å². The maximum absolute atomic E-state index is 12.1. The lowest BCUT2D eigenvalue weighted by Crippen LogP contribution is -2.22. The molecule has 0 radical (unpaired) electrons. The summed E-state index contributed by atoms with van der Waals surface area (Å²) in [4.78, 5) is 21.1. The van der Waals surface area contributed by atoms with Crippen molar-refractivity contribution in [2.75, 3.05) is 6.54 Å². The summed E-state index contributed by atoms with van der Waals surface area (Å²) in [6, 6.07) is 15.0. The fourth-order valence-corrected chi connectivity index (χ4v) is 2.11. The molecule has 0 aromatic heterocycles. The van der Waals surface area contributed by atoms with Gasteiger partial charge in [-0.05, 0) is 41.8 Å². The lowest BCUT2D eigenvalue weighted by molar-refractivity contribution is -0.134. The van der Waals surface area contributed by atoms with Crippen LogP contribution in [-0.2, 0) is 24.4 Å². The molecule has 5 N–H and O–H groups in total. The Morgan fingerprint density at radius 2 is 1.64 bits per heavy atom. The number of nitrogens with two attached hydrogens (primary N) is 1. The molecule has 0 unspecified atom stereocenters. The molecule has 0 atom stereocenters. The van der Waals surface area contributed by atoms with Crippen LogP contribution < -0.4 is 11.1 Å². The predicted octanol–water partition coefficient (Wildman–Crippen LogP) is 1.70. The molecule has 6 nitrogen and oxygen atoms in total. The number of hydrogen-bond acceptors (Lipinski definition) is 4. The number of carboxylic acid groups (broad SMARTS) is 1. The van der Waals surface area contributed by atoms with Crippen LogP contribution in [0.1, 0.15) is 34.0 Å². The summed E-state index contributed by atoms with van der Waals surface area (Å²) >= 11 is 0. The number of carbonyl (C=O) groups excluding carboxylic acids is 1. The number of rotatable bonds is 6. The minimum atomic E-state index is -0.833. The number of hydrogen-bond donors (Lipinski definition) is 4. The number of nitrogens with one attached hydrogen (secondary N) is 1. The van der Waals surface area contributed by atoms with Gasteiger partial charge in [0, 0.05) is 19.0 Å². The van der Waals surface area contributed by atoms with E-state index in [0.29, 0.717) is 18.7 Å². The van der Waals surface area contributed by atoms with Gasteiger partial charge in [0.15, 0.2) is 0 Å². The number of amides is 1. The average Bonchev–Trinajstić information content (AvgIpc) is 2.60. The topological polar surface area (TPSA) is 113 Å². The van der Waals surface area contributed by atoms with Crippen LogP contribution in [0.2, 0.25) is 0 Å². The summed E-state index contributed by atoms with van der Waals surface area (Å²) in [5, 5.41) is 19.4. The van der Waals surface area contributed by atoms with E-state index in [9.17, 15) is 4.79 Å². The van der Waals surface area contributed by atoms with E-state index >= 15 is 0 Å². The molecule has 0 saturated carbocycles. The van der Waals surface area contributed by atoms with Crippen LogP contribution in [0.5, 0.6) is 0 Å². The Bertz CT molecular complexity index is 680. The van der Waals surface area contributed by atoms with Crippen molar-refractivity contribution in [1.82, 2.24) is 5.32 Å². The van der Waals surface area contributed by atoms with E-state index in [4.69, 9.17) is 20.7 Å². The van der Waals surface area contributed by atoms with E-state index in [-0.39, 0.29) is 12.5 Å². The average molecular weight is 344 g/mol. The highest BCUT2D eigenvalue weighted by atomic mass is 16.4. The van der Waals surface area contributed by atoms with Crippen LogP contribution in [0.3, 0.4) is 0 Å². The lowest BCUT2D eigenvalue weighted by Gasteiger charge is -2.07. The number of aliphatic hydroxyl groups is 1. The summed E-state index contributed by atoms with van der Waals surface area (Å²) in [6.45, 7) is 2.13. The monoisotopic (exact) mass is 344 g/mol. The van der Waals surface area contributed by atoms with E-state index in [2.05, 4.69) is 5.32 Å². The van der Waals surface area contributed by atoms with E-state index in [1.807, 2.05) is 48.5 Å². The van der Waals surface area contributed by atoms with Gasteiger partial charge in [-0.3, -0.25) is 9.59 Å². The molecule has 0 saturated heterocycles. The Morgan fingerprint density at radius 3 is 2.20 bits per heavy atom. The van der Waals surface area contributed by atoms with Crippen molar-refractivity contribution in [3.63, 3.8) is 0 Å².